The van der Waals surface area contributed by atoms with Crippen LogP contribution in [0.1, 0.15) is 17.0 Å². The lowest BCUT2D eigenvalue weighted by Crippen LogP contribution is -2.12. The average Bonchev–Trinajstić information content (AvgIpc) is 3.13. The van der Waals surface area contributed by atoms with Gasteiger partial charge in [-0.2, -0.15) is 0 Å². The zero-order valence-corrected chi connectivity index (χ0v) is 11.7. The molecule has 2 aromatic carbocycles. The Morgan fingerprint density at radius 2 is 1.27 bits per heavy atom. The van der Waals surface area contributed by atoms with E-state index in [0.717, 1.165) is 32.9 Å². The average molecular weight is 290 g/mol. The van der Waals surface area contributed by atoms with Crippen LogP contribution >= 0.6 is 0 Å². The van der Waals surface area contributed by atoms with Crippen molar-refractivity contribution in [2.24, 2.45) is 0 Å². The third kappa shape index (κ3) is 1.81. The molecule has 0 aliphatic carbocycles. The highest BCUT2D eigenvalue weighted by molar-refractivity contribution is 5.95. The number of para-hydroxylation sites is 2. The fraction of sp³-hybridized carbons (Fsp3) is 0.0556. The molecule has 4 aromatic rings. The van der Waals surface area contributed by atoms with Crippen LogP contribution < -0.4 is 0 Å². The van der Waals surface area contributed by atoms with Gasteiger partial charge in [0.25, 0.3) is 0 Å². The normalized spacial score (nSPS) is 11.5. The summed E-state index contributed by atoms with van der Waals surface area (Å²) in [5, 5.41) is 11.7. The SMILES string of the molecule is O=C(O)C(c1c[nH]c2ccccc12)c1c[nH]c2ccccc12. The number of aromatic nitrogens is 2. The maximum absolute atomic E-state index is 12.0. The number of hydrogen-bond acceptors (Lipinski definition) is 1. The van der Waals surface area contributed by atoms with E-state index in [-0.39, 0.29) is 0 Å². The smallest absolute Gasteiger partial charge is 0.315 e. The molecule has 0 aliphatic heterocycles. The van der Waals surface area contributed by atoms with E-state index in [0.29, 0.717) is 0 Å². The monoisotopic (exact) mass is 290 g/mol. The van der Waals surface area contributed by atoms with Crippen LogP contribution in [0.15, 0.2) is 60.9 Å². The van der Waals surface area contributed by atoms with Crippen molar-refractivity contribution >= 4 is 27.8 Å². The molecule has 2 heterocycles. The van der Waals surface area contributed by atoms with Crippen molar-refractivity contribution in [3.05, 3.63) is 72.1 Å². The highest BCUT2D eigenvalue weighted by Gasteiger charge is 2.27. The summed E-state index contributed by atoms with van der Waals surface area (Å²) in [7, 11) is 0. The van der Waals surface area contributed by atoms with E-state index in [9.17, 15) is 9.90 Å². The molecule has 0 aliphatic rings. The Morgan fingerprint density at radius 3 is 1.73 bits per heavy atom. The Morgan fingerprint density at radius 1 is 0.818 bits per heavy atom. The lowest BCUT2D eigenvalue weighted by Gasteiger charge is -2.11. The number of benzene rings is 2. The predicted octanol–water partition coefficient (Wildman–Crippen LogP) is 3.87. The Balaban J connectivity index is 1.97. The molecule has 4 rings (SSSR count). The molecule has 0 radical (unpaired) electrons. The quantitative estimate of drug-likeness (QED) is 0.536. The molecule has 0 atom stereocenters. The van der Waals surface area contributed by atoms with Gasteiger partial charge in [0, 0.05) is 34.2 Å². The third-order valence-electron chi connectivity index (χ3n) is 4.11. The second-order valence-electron chi connectivity index (χ2n) is 5.35. The van der Waals surface area contributed by atoms with Gasteiger partial charge in [-0.05, 0) is 23.3 Å². The summed E-state index contributed by atoms with van der Waals surface area (Å²) >= 11 is 0. The number of H-pyrrole nitrogens is 2. The molecular weight excluding hydrogens is 276 g/mol. The first-order valence-corrected chi connectivity index (χ1v) is 7.10. The molecular formula is C18H14N2O2. The molecule has 0 fully saturated rings. The number of carboxylic acids is 1. The molecule has 2 aromatic heterocycles. The van der Waals surface area contributed by atoms with Crippen molar-refractivity contribution in [1.29, 1.82) is 0 Å². The number of aliphatic carboxylic acids is 1. The van der Waals surface area contributed by atoms with Gasteiger partial charge >= 0.3 is 5.97 Å². The summed E-state index contributed by atoms with van der Waals surface area (Å²) in [6.45, 7) is 0. The van der Waals surface area contributed by atoms with Crippen LogP contribution in [0.25, 0.3) is 21.8 Å². The van der Waals surface area contributed by atoms with Gasteiger partial charge in [0.1, 0.15) is 5.92 Å². The minimum atomic E-state index is -0.852. The highest BCUT2D eigenvalue weighted by Crippen LogP contribution is 2.34. The summed E-state index contributed by atoms with van der Waals surface area (Å²) in [6, 6.07) is 15.5. The summed E-state index contributed by atoms with van der Waals surface area (Å²) in [6.07, 6.45) is 3.59. The summed E-state index contributed by atoms with van der Waals surface area (Å²) in [4.78, 5) is 18.3. The van der Waals surface area contributed by atoms with E-state index in [1.807, 2.05) is 48.5 Å². The van der Waals surface area contributed by atoms with Crippen molar-refractivity contribution in [1.82, 2.24) is 9.97 Å². The molecule has 0 spiro atoms. The van der Waals surface area contributed by atoms with Gasteiger partial charge in [-0.15, -0.1) is 0 Å². The molecule has 3 N–H and O–H groups in total. The molecule has 22 heavy (non-hydrogen) atoms. The minimum Gasteiger partial charge on any atom is -0.481 e. The molecule has 108 valence electrons. The molecule has 0 saturated heterocycles. The second-order valence-corrected chi connectivity index (χ2v) is 5.35. The van der Waals surface area contributed by atoms with Crippen LogP contribution in [0.2, 0.25) is 0 Å². The van der Waals surface area contributed by atoms with Crippen LogP contribution in [-0.4, -0.2) is 21.0 Å². The molecule has 0 amide bonds. The Hall–Kier alpha value is -3.01. The molecule has 0 unspecified atom stereocenters. The maximum atomic E-state index is 12.0. The van der Waals surface area contributed by atoms with E-state index in [1.165, 1.54) is 0 Å². The number of nitrogens with one attached hydrogen (secondary N) is 2. The molecule has 4 heteroatoms. The van der Waals surface area contributed by atoms with E-state index >= 15 is 0 Å². The van der Waals surface area contributed by atoms with Crippen molar-refractivity contribution < 1.29 is 9.90 Å². The van der Waals surface area contributed by atoms with Crippen molar-refractivity contribution in [3.8, 4) is 0 Å². The standard InChI is InChI=1S/C18H14N2O2/c21-18(22)17(13-9-19-15-7-3-1-5-11(13)15)14-10-20-16-8-4-2-6-12(14)16/h1-10,17,19-20H,(H,21,22). The lowest BCUT2D eigenvalue weighted by molar-refractivity contribution is -0.137. The Labute approximate surface area is 126 Å². The first-order valence-electron chi connectivity index (χ1n) is 7.10. The number of carboxylic acid groups (broad SMARTS) is 1. The van der Waals surface area contributed by atoms with Crippen molar-refractivity contribution in [3.63, 3.8) is 0 Å². The van der Waals surface area contributed by atoms with Gasteiger partial charge in [0.2, 0.25) is 0 Å². The lowest BCUT2D eigenvalue weighted by atomic mass is 9.91. The Bertz CT molecular complexity index is 907. The van der Waals surface area contributed by atoms with E-state index < -0.39 is 11.9 Å². The van der Waals surface area contributed by atoms with E-state index in [1.54, 1.807) is 12.4 Å². The van der Waals surface area contributed by atoms with Gasteiger partial charge in [0.15, 0.2) is 0 Å². The van der Waals surface area contributed by atoms with Crippen LogP contribution in [0.5, 0.6) is 0 Å². The number of rotatable bonds is 3. The number of fused-ring (bicyclic) bond motifs is 2. The second kappa shape index (κ2) is 4.77. The topological polar surface area (TPSA) is 68.9 Å². The minimum absolute atomic E-state index is 0.702. The zero-order valence-electron chi connectivity index (χ0n) is 11.7. The van der Waals surface area contributed by atoms with Gasteiger partial charge in [-0.1, -0.05) is 36.4 Å². The van der Waals surface area contributed by atoms with E-state index in [4.69, 9.17) is 0 Å². The summed E-state index contributed by atoms with van der Waals surface area (Å²) < 4.78 is 0. The number of carbonyl (C=O) groups is 1. The number of aromatic amines is 2. The molecule has 0 saturated carbocycles. The van der Waals surface area contributed by atoms with Crippen molar-refractivity contribution in [2.75, 3.05) is 0 Å². The van der Waals surface area contributed by atoms with Gasteiger partial charge in [0.05, 0.1) is 0 Å². The first-order chi connectivity index (χ1) is 10.8. The first kappa shape index (κ1) is 12.7. The maximum Gasteiger partial charge on any atom is 0.315 e. The fourth-order valence-corrected chi connectivity index (χ4v) is 3.10. The van der Waals surface area contributed by atoms with Crippen LogP contribution in [0.4, 0.5) is 0 Å². The predicted molar refractivity (Wildman–Crippen MR) is 86.1 cm³/mol. The van der Waals surface area contributed by atoms with Crippen molar-refractivity contribution in [2.45, 2.75) is 5.92 Å². The summed E-state index contributed by atoms with van der Waals surface area (Å²) in [5.41, 5.74) is 3.47. The Kier molecular flexibility index (Phi) is 2.76. The van der Waals surface area contributed by atoms with Gasteiger partial charge in [-0.25, -0.2) is 0 Å². The largest absolute Gasteiger partial charge is 0.481 e. The summed E-state index contributed by atoms with van der Waals surface area (Å²) in [5.74, 6) is -1.55. The molecule has 4 nitrogen and oxygen atoms in total. The fourth-order valence-electron chi connectivity index (χ4n) is 3.10. The van der Waals surface area contributed by atoms with Gasteiger partial charge < -0.3 is 15.1 Å². The highest BCUT2D eigenvalue weighted by atomic mass is 16.4. The number of hydrogen-bond donors (Lipinski definition) is 3. The van der Waals surface area contributed by atoms with E-state index in [2.05, 4.69) is 9.97 Å². The zero-order chi connectivity index (χ0) is 15.1. The third-order valence-corrected chi connectivity index (χ3v) is 4.11. The van der Waals surface area contributed by atoms with Crippen LogP contribution in [0, 0.1) is 0 Å². The van der Waals surface area contributed by atoms with Crippen LogP contribution in [-0.2, 0) is 4.79 Å². The van der Waals surface area contributed by atoms with Gasteiger partial charge in [-0.3, -0.25) is 4.79 Å². The molecule has 0 bridgehead atoms. The van der Waals surface area contributed by atoms with Crippen LogP contribution in [0.3, 0.4) is 0 Å².